The molecule has 3 saturated heterocycles. The summed E-state index contributed by atoms with van der Waals surface area (Å²) in [7, 11) is 5.03. The SMILES string of the molecule is CC(=O)OCc1c(-c2cc(Nc3ccc(C(=O)N4[C@H](C)COC[C@@H]4C)cn3)c(=O)n(C)c2)ccnc1N1CCn2c(cc3c2CC(C)(C)C3)C1=O.C[C@@H]1COC[C@H](C)N1C(=O)c1ccc(N)nc1.C[C@@H]1COC[C@H](C)N1C(=O)c1ccc(Nc2cc(Br)cn(C)c2=O)nc1.Cn1cc(Br)cc(Br)c1=O. The van der Waals surface area contributed by atoms with Gasteiger partial charge >= 0.3 is 5.97 Å². The van der Waals surface area contributed by atoms with E-state index >= 15 is 0 Å². The lowest BCUT2D eigenvalue weighted by Crippen LogP contribution is -2.52. The van der Waals surface area contributed by atoms with E-state index < -0.39 is 5.97 Å². The first-order valence-corrected chi connectivity index (χ1v) is 36.4. The normalized spacial score (nSPS) is 19.5. The lowest BCUT2D eigenvalue weighted by atomic mass is 9.90. The smallest absolute Gasteiger partial charge is 0.302 e. The Labute approximate surface area is 627 Å². The largest absolute Gasteiger partial charge is 0.461 e. The molecule has 13 rings (SSSR count). The Morgan fingerprint density at radius 2 is 1.04 bits per heavy atom. The Bertz CT molecular complexity index is 4640. The highest BCUT2D eigenvalue weighted by molar-refractivity contribution is 9.11. The second kappa shape index (κ2) is 33.3. The third-order valence-corrected chi connectivity index (χ3v) is 19.8. The number of nitrogens with two attached hydrogens (primary N) is 1. The van der Waals surface area contributed by atoms with Gasteiger partial charge in [0.25, 0.3) is 40.3 Å². The second-order valence-electron chi connectivity index (χ2n) is 27.5. The molecule has 8 aromatic heterocycles. The zero-order valence-electron chi connectivity index (χ0n) is 60.1. The minimum atomic E-state index is -0.470. The number of morpholine rings is 3. The van der Waals surface area contributed by atoms with Crippen LogP contribution in [-0.4, -0.2) is 165 Å². The Hall–Kier alpha value is -9.20. The van der Waals surface area contributed by atoms with E-state index in [4.69, 9.17) is 24.7 Å². The van der Waals surface area contributed by atoms with E-state index in [2.05, 4.69) is 96.8 Å². The third-order valence-electron chi connectivity index (χ3n) is 18.4. The van der Waals surface area contributed by atoms with Gasteiger partial charge in [0.15, 0.2) is 0 Å². The van der Waals surface area contributed by atoms with Gasteiger partial charge in [-0.3, -0.25) is 43.3 Å². The van der Waals surface area contributed by atoms with Gasteiger partial charge in [0.1, 0.15) is 46.9 Å². The van der Waals surface area contributed by atoms with Crippen molar-refractivity contribution in [1.82, 2.24) is 52.9 Å². The monoisotopic (exact) mass is 1610 g/mol. The van der Waals surface area contributed by atoms with Gasteiger partial charge in [0.05, 0.1) is 97.1 Å². The van der Waals surface area contributed by atoms with Crippen molar-refractivity contribution in [2.75, 3.05) is 67.5 Å². The Balaban J connectivity index is 0.000000180. The molecule has 4 N–H and O–H groups in total. The van der Waals surface area contributed by atoms with Crippen LogP contribution in [0.2, 0.25) is 0 Å². The maximum absolute atomic E-state index is 14.0. The van der Waals surface area contributed by atoms with Gasteiger partial charge in [0.2, 0.25) is 0 Å². The molecule has 0 unspecified atom stereocenters. The van der Waals surface area contributed by atoms with Crippen LogP contribution >= 0.6 is 47.8 Å². The number of hydrogen-bond acceptors (Lipinski definition) is 19. The van der Waals surface area contributed by atoms with Crippen molar-refractivity contribution in [3.8, 4) is 11.1 Å². The van der Waals surface area contributed by atoms with Crippen molar-refractivity contribution in [3.05, 3.63) is 194 Å². The molecule has 12 heterocycles. The minimum absolute atomic E-state index is 0.0131. The van der Waals surface area contributed by atoms with Crippen LogP contribution in [0, 0.1) is 5.41 Å². The maximum Gasteiger partial charge on any atom is 0.302 e. The molecule has 4 amide bonds. The molecular weight excluding hydrogens is 1530 g/mol. The van der Waals surface area contributed by atoms with E-state index in [0.717, 1.165) is 21.8 Å². The van der Waals surface area contributed by atoms with E-state index in [1.54, 1.807) is 111 Å². The summed E-state index contributed by atoms with van der Waals surface area (Å²) < 4.78 is 30.8. The molecule has 30 heteroatoms. The first-order chi connectivity index (χ1) is 49.4. The molecule has 27 nitrogen and oxygen atoms in total. The number of esters is 1. The summed E-state index contributed by atoms with van der Waals surface area (Å²) in [4.78, 5) is 125. The fraction of sp³-hybridized carbons (Fsp3) is 0.405. The van der Waals surface area contributed by atoms with E-state index in [1.807, 2.05) is 62.3 Å². The molecule has 0 aromatic carbocycles. The molecule has 6 atom stereocenters. The molecular formula is C74H86Br3N15O12. The summed E-state index contributed by atoms with van der Waals surface area (Å²) in [6, 6.07) is 19.1. The molecule has 8 aromatic rings. The van der Waals surface area contributed by atoms with Gasteiger partial charge in [-0.05, 0) is 185 Å². The number of ether oxygens (including phenoxy) is 4. The quantitative estimate of drug-likeness (QED) is 0.101. The first-order valence-electron chi connectivity index (χ1n) is 34.0. The van der Waals surface area contributed by atoms with Crippen molar-refractivity contribution >= 4 is 112 Å². The Morgan fingerprint density at radius 1 is 0.577 bits per heavy atom. The molecule has 0 bridgehead atoms. The molecule has 5 aliphatic rings. The van der Waals surface area contributed by atoms with Gasteiger partial charge in [-0.1, -0.05) is 13.8 Å². The van der Waals surface area contributed by atoms with E-state index in [-0.39, 0.29) is 94.3 Å². The number of aryl methyl sites for hydroxylation is 3. The van der Waals surface area contributed by atoms with Crippen molar-refractivity contribution in [3.63, 3.8) is 0 Å². The molecule has 1 aliphatic carbocycles. The lowest BCUT2D eigenvalue weighted by Gasteiger charge is -2.38. The van der Waals surface area contributed by atoms with Gasteiger partial charge in [-0.2, -0.15) is 0 Å². The number of nitrogens with zero attached hydrogens (tertiary/aromatic N) is 12. The molecule has 104 heavy (non-hydrogen) atoms. The van der Waals surface area contributed by atoms with E-state index in [0.29, 0.717) is 125 Å². The molecule has 3 fully saturated rings. The van der Waals surface area contributed by atoms with Crippen LogP contribution in [0.15, 0.2) is 138 Å². The average molecular weight is 1620 g/mol. The zero-order valence-corrected chi connectivity index (χ0v) is 64.9. The molecule has 550 valence electrons. The topological polar surface area (TPSA) is 308 Å². The Kier molecular flexibility index (Phi) is 24.8. The highest BCUT2D eigenvalue weighted by Gasteiger charge is 2.39. The van der Waals surface area contributed by atoms with Gasteiger partial charge < -0.3 is 68.3 Å². The average Bonchev–Trinajstić information content (AvgIpc) is 1.57. The number of carbonyl (C=O) groups excluding carboxylic acids is 5. The summed E-state index contributed by atoms with van der Waals surface area (Å²) in [5.74, 6) is 0.878. The number of carbonyl (C=O) groups is 5. The molecule has 0 spiro atoms. The lowest BCUT2D eigenvalue weighted by molar-refractivity contribution is -0.142. The third kappa shape index (κ3) is 17.9. The summed E-state index contributed by atoms with van der Waals surface area (Å²) in [5.41, 5.74) is 12.3. The van der Waals surface area contributed by atoms with Crippen LogP contribution in [-0.2, 0) is 70.9 Å². The van der Waals surface area contributed by atoms with Crippen LogP contribution in [0.3, 0.4) is 0 Å². The van der Waals surface area contributed by atoms with Gasteiger partial charge in [-0.15, -0.1) is 0 Å². The highest BCUT2D eigenvalue weighted by atomic mass is 79.9. The van der Waals surface area contributed by atoms with E-state index in [1.165, 1.54) is 50.5 Å². The fourth-order valence-corrected chi connectivity index (χ4v) is 15.3. The number of rotatable bonds is 11. The fourth-order valence-electron chi connectivity index (χ4n) is 13.4. The number of nitrogen functional groups attached to an aromatic ring is 1. The number of hydrogen-bond donors (Lipinski definition) is 3. The summed E-state index contributed by atoms with van der Waals surface area (Å²) in [5, 5.41) is 6.12. The first kappa shape index (κ1) is 77.4. The van der Waals surface area contributed by atoms with Crippen LogP contribution in [0.25, 0.3) is 11.1 Å². The zero-order chi connectivity index (χ0) is 75.2. The number of nitrogens with one attached hydrogen (secondary N) is 2. The standard InChI is InChI=1S/C38H43N7O6.C18H21BrN4O3.C12H17N3O2.C6H5Br2NO/c1-22-19-50-20-23(2)45(22)35(47)25-7-8-33(40-17-25)41-30-13-27(18-42(6)36(30)48)28-9-10-39-34(29(28)21-51-24(3)46)44-12-11-43-31(37(44)49)14-26-15-38(4,5)16-32(26)43;1-11-9-26-10-12(2)23(11)17(24)13-4-5-16(20-7-13)21-15-6-14(19)8-22(3)18(15)25;1-8-6-17-7-9(2)15(8)12(16)10-3-4-11(13)14-5-10;1-9-3-4(7)2-5(8)6(9)10/h7-10,13-14,17-18,22-23H,11-12,15-16,19-21H2,1-6H3,(H,40,41);4-8,11-12H,9-10H2,1-3H3,(H,20,21);3-5,8-9H,6-7H2,1-2H3,(H2,13,14);2-3H,1H3/t22-,23+;11-,12+;8-,9+;. The van der Waals surface area contributed by atoms with Crippen LogP contribution in [0.5, 0.6) is 0 Å². The highest BCUT2D eigenvalue weighted by Crippen LogP contribution is 2.41. The van der Waals surface area contributed by atoms with Crippen LogP contribution < -0.4 is 37.9 Å². The van der Waals surface area contributed by atoms with Crippen LogP contribution in [0.1, 0.15) is 121 Å². The van der Waals surface area contributed by atoms with Crippen molar-refractivity contribution in [2.45, 2.75) is 125 Å². The summed E-state index contributed by atoms with van der Waals surface area (Å²) in [6.45, 7) is 21.8. The summed E-state index contributed by atoms with van der Waals surface area (Å²) >= 11 is 9.76. The van der Waals surface area contributed by atoms with Crippen molar-refractivity contribution < 1.29 is 42.9 Å². The summed E-state index contributed by atoms with van der Waals surface area (Å²) in [6.07, 6.45) is 13.1. The number of pyridine rings is 7. The number of amides is 4. The molecule has 0 saturated carbocycles. The van der Waals surface area contributed by atoms with E-state index in [9.17, 15) is 38.4 Å². The minimum Gasteiger partial charge on any atom is -0.461 e. The molecule has 0 radical (unpaired) electrons. The predicted molar refractivity (Wildman–Crippen MR) is 406 cm³/mol. The van der Waals surface area contributed by atoms with Crippen molar-refractivity contribution in [1.29, 1.82) is 0 Å². The second-order valence-corrected chi connectivity index (χ2v) is 30.2. The van der Waals surface area contributed by atoms with Gasteiger partial charge in [0, 0.05) is 110 Å². The van der Waals surface area contributed by atoms with Gasteiger partial charge in [-0.25, -0.2) is 19.9 Å². The number of anilines is 6. The predicted octanol–water partition coefficient (Wildman–Crippen LogP) is 9.84. The molecule has 4 aliphatic heterocycles. The van der Waals surface area contributed by atoms with Crippen molar-refractivity contribution in [2.24, 2.45) is 26.6 Å². The Morgan fingerprint density at radius 3 is 1.50 bits per heavy atom. The maximum atomic E-state index is 14.0. The number of fused-ring (bicyclic) bond motifs is 3. The number of aromatic nitrogens is 8. The van der Waals surface area contributed by atoms with Crippen LogP contribution in [0.4, 0.5) is 34.6 Å². The number of halogens is 3.